The van der Waals surface area contributed by atoms with Crippen LogP contribution in [-0.2, 0) is 9.59 Å². The molecule has 136 valence electrons. The summed E-state index contributed by atoms with van der Waals surface area (Å²) in [6.45, 7) is 5.36. The number of nitrogens with zero attached hydrogens (tertiary/aromatic N) is 7. The van der Waals surface area contributed by atoms with E-state index in [0.717, 1.165) is 5.82 Å². The highest BCUT2D eigenvalue weighted by molar-refractivity contribution is 5.82. The van der Waals surface area contributed by atoms with Crippen LogP contribution in [0.2, 0.25) is 0 Å². The molecular formula is C17H21N7O2. The van der Waals surface area contributed by atoms with Crippen LogP contribution in [0.1, 0.15) is 6.92 Å². The molecule has 2 fully saturated rings. The van der Waals surface area contributed by atoms with E-state index in [0.29, 0.717) is 45.1 Å². The molecule has 0 atom stereocenters. The molecule has 2 aliphatic heterocycles. The second-order valence-electron chi connectivity index (χ2n) is 6.62. The third-order valence-electron chi connectivity index (χ3n) is 4.97. The van der Waals surface area contributed by atoms with Gasteiger partial charge in [0.25, 0.3) is 0 Å². The van der Waals surface area contributed by atoms with Crippen LogP contribution >= 0.6 is 0 Å². The lowest BCUT2D eigenvalue weighted by Gasteiger charge is -2.43. The van der Waals surface area contributed by atoms with E-state index in [1.54, 1.807) is 22.7 Å². The quantitative estimate of drug-likeness (QED) is 0.757. The number of aromatic nitrogens is 4. The first-order valence-corrected chi connectivity index (χ1v) is 8.73. The van der Waals surface area contributed by atoms with Crippen molar-refractivity contribution in [2.24, 2.45) is 5.92 Å². The smallest absolute Gasteiger partial charge is 0.229 e. The van der Waals surface area contributed by atoms with Crippen LogP contribution in [0.5, 0.6) is 0 Å². The van der Waals surface area contributed by atoms with Gasteiger partial charge in [0.15, 0.2) is 5.82 Å². The van der Waals surface area contributed by atoms with Gasteiger partial charge in [0.2, 0.25) is 11.8 Å². The molecule has 9 nitrogen and oxygen atoms in total. The van der Waals surface area contributed by atoms with Crippen LogP contribution in [0.25, 0.3) is 5.82 Å². The Morgan fingerprint density at radius 2 is 1.73 bits per heavy atom. The summed E-state index contributed by atoms with van der Waals surface area (Å²) in [4.78, 5) is 38.3. The largest absolute Gasteiger partial charge is 0.355 e. The molecule has 2 saturated heterocycles. The van der Waals surface area contributed by atoms with Crippen molar-refractivity contribution in [3.8, 4) is 5.82 Å². The fourth-order valence-electron chi connectivity index (χ4n) is 3.36. The Hall–Kier alpha value is -2.97. The number of carbonyl (C=O) groups is 2. The summed E-state index contributed by atoms with van der Waals surface area (Å²) in [6.07, 6.45) is 5.05. The second-order valence-corrected chi connectivity index (χ2v) is 6.62. The summed E-state index contributed by atoms with van der Waals surface area (Å²) < 4.78 is 1.68. The molecule has 0 aromatic carbocycles. The first-order valence-electron chi connectivity index (χ1n) is 8.73. The van der Waals surface area contributed by atoms with Crippen molar-refractivity contribution < 1.29 is 9.59 Å². The standard InChI is InChI=1S/C17H21N7O2/c1-13(25)21-5-7-22(8-6-21)17(26)14-10-23(11-14)15-9-16(19-12-18-15)24-4-2-3-20-24/h2-4,9,12,14H,5-8,10-11H2,1H3. The zero-order chi connectivity index (χ0) is 18.1. The zero-order valence-corrected chi connectivity index (χ0v) is 14.7. The third kappa shape index (κ3) is 3.12. The minimum Gasteiger partial charge on any atom is -0.355 e. The average Bonchev–Trinajstić information content (AvgIpc) is 3.15. The molecule has 0 spiro atoms. The number of hydrogen-bond donors (Lipinski definition) is 0. The number of hydrogen-bond acceptors (Lipinski definition) is 6. The first kappa shape index (κ1) is 16.5. The highest BCUT2D eigenvalue weighted by Crippen LogP contribution is 2.25. The summed E-state index contributed by atoms with van der Waals surface area (Å²) >= 11 is 0. The van der Waals surface area contributed by atoms with Crippen molar-refractivity contribution >= 4 is 17.6 Å². The van der Waals surface area contributed by atoms with Gasteiger partial charge < -0.3 is 14.7 Å². The molecule has 0 aliphatic carbocycles. The Morgan fingerprint density at radius 3 is 2.38 bits per heavy atom. The second kappa shape index (κ2) is 6.74. The van der Waals surface area contributed by atoms with Crippen molar-refractivity contribution in [1.82, 2.24) is 29.5 Å². The van der Waals surface area contributed by atoms with Crippen LogP contribution in [0, 0.1) is 5.92 Å². The van der Waals surface area contributed by atoms with Crippen molar-refractivity contribution in [2.45, 2.75) is 6.92 Å². The van der Waals surface area contributed by atoms with Gasteiger partial charge in [-0.15, -0.1) is 0 Å². The fraction of sp³-hybridized carbons (Fsp3) is 0.471. The summed E-state index contributed by atoms with van der Waals surface area (Å²) in [6, 6.07) is 3.71. The van der Waals surface area contributed by atoms with Crippen LogP contribution in [0.3, 0.4) is 0 Å². The van der Waals surface area contributed by atoms with Crippen molar-refractivity contribution in [3.05, 3.63) is 30.9 Å². The van der Waals surface area contributed by atoms with Crippen LogP contribution in [0.4, 0.5) is 5.82 Å². The minimum atomic E-state index is -0.0120. The molecule has 2 aromatic rings. The average molecular weight is 355 g/mol. The number of piperazine rings is 1. The molecule has 26 heavy (non-hydrogen) atoms. The normalized spacial score (nSPS) is 18.0. The van der Waals surface area contributed by atoms with E-state index < -0.39 is 0 Å². The molecule has 2 amide bonds. The molecule has 2 aliphatic rings. The van der Waals surface area contributed by atoms with Gasteiger partial charge in [0, 0.05) is 64.7 Å². The molecule has 0 saturated carbocycles. The Bertz CT molecular complexity index is 793. The van der Waals surface area contributed by atoms with Gasteiger partial charge in [0.1, 0.15) is 12.1 Å². The maximum absolute atomic E-state index is 12.6. The molecule has 4 heterocycles. The Balaban J connectivity index is 1.34. The monoisotopic (exact) mass is 355 g/mol. The van der Waals surface area contributed by atoms with Gasteiger partial charge in [-0.25, -0.2) is 14.6 Å². The maximum Gasteiger partial charge on any atom is 0.229 e. The van der Waals surface area contributed by atoms with E-state index in [-0.39, 0.29) is 17.7 Å². The van der Waals surface area contributed by atoms with E-state index in [1.165, 1.54) is 6.33 Å². The van der Waals surface area contributed by atoms with Gasteiger partial charge >= 0.3 is 0 Å². The molecule has 2 aromatic heterocycles. The Labute approximate surface area is 151 Å². The lowest BCUT2D eigenvalue weighted by molar-refractivity contribution is -0.141. The lowest BCUT2D eigenvalue weighted by Crippen LogP contribution is -2.58. The Morgan fingerprint density at radius 1 is 1.04 bits per heavy atom. The van der Waals surface area contributed by atoms with Crippen LogP contribution in [0.15, 0.2) is 30.9 Å². The molecule has 9 heteroatoms. The van der Waals surface area contributed by atoms with Crippen LogP contribution < -0.4 is 4.90 Å². The third-order valence-corrected chi connectivity index (χ3v) is 4.97. The molecule has 0 N–H and O–H groups in total. The molecule has 0 unspecified atom stereocenters. The minimum absolute atomic E-state index is 0.0120. The summed E-state index contributed by atoms with van der Waals surface area (Å²) in [7, 11) is 0. The highest BCUT2D eigenvalue weighted by atomic mass is 16.2. The van der Waals surface area contributed by atoms with Gasteiger partial charge in [-0.05, 0) is 6.07 Å². The highest BCUT2D eigenvalue weighted by Gasteiger charge is 2.37. The van der Waals surface area contributed by atoms with Crippen molar-refractivity contribution in [1.29, 1.82) is 0 Å². The lowest BCUT2D eigenvalue weighted by atomic mass is 9.98. The van der Waals surface area contributed by atoms with E-state index >= 15 is 0 Å². The maximum atomic E-state index is 12.6. The number of carbonyl (C=O) groups excluding carboxylic acids is 2. The number of anilines is 1. The van der Waals surface area contributed by atoms with E-state index in [1.807, 2.05) is 23.2 Å². The van der Waals surface area contributed by atoms with Gasteiger partial charge in [-0.1, -0.05) is 0 Å². The predicted octanol–water partition coefficient (Wildman–Crippen LogP) is -0.211. The molecule has 4 rings (SSSR count). The number of amides is 2. The van der Waals surface area contributed by atoms with E-state index in [2.05, 4.69) is 20.0 Å². The SMILES string of the molecule is CC(=O)N1CCN(C(=O)C2CN(c3cc(-n4cccn4)ncn3)C2)CC1. The van der Waals surface area contributed by atoms with Crippen molar-refractivity contribution in [2.75, 3.05) is 44.2 Å². The summed E-state index contributed by atoms with van der Waals surface area (Å²) in [5, 5.41) is 4.17. The fourth-order valence-corrected chi connectivity index (χ4v) is 3.36. The molecular weight excluding hydrogens is 334 g/mol. The first-order chi connectivity index (χ1) is 12.6. The van der Waals surface area contributed by atoms with Crippen molar-refractivity contribution in [3.63, 3.8) is 0 Å². The van der Waals surface area contributed by atoms with Gasteiger partial charge in [-0.2, -0.15) is 5.10 Å². The Kier molecular flexibility index (Phi) is 4.27. The topological polar surface area (TPSA) is 87.5 Å². The molecule has 0 bridgehead atoms. The molecule has 0 radical (unpaired) electrons. The summed E-state index contributed by atoms with van der Waals surface area (Å²) in [5.74, 6) is 1.74. The summed E-state index contributed by atoms with van der Waals surface area (Å²) in [5.41, 5.74) is 0. The predicted molar refractivity (Wildman–Crippen MR) is 93.7 cm³/mol. The zero-order valence-electron chi connectivity index (χ0n) is 14.7. The van der Waals surface area contributed by atoms with Gasteiger partial charge in [-0.3, -0.25) is 9.59 Å². The van der Waals surface area contributed by atoms with E-state index in [9.17, 15) is 9.59 Å². The number of rotatable bonds is 3. The van der Waals surface area contributed by atoms with Crippen LogP contribution in [-0.4, -0.2) is 80.6 Å². The van der Waals surface area contributed by atoms with E-state index in [4.69, 9.17) is 0 Å². The van der Waals surface area contributed by atoms with Gasteiger partial charge in [0.05, 0.1) is 5.92 Å².